The molecule has 0 aromatic rings. The van der Waals surface area contributed by atoms with Crippen molar-refractivity contribution in [2.45, 2.75) is 45.6 Å². The van der Waals surface area contributed by atoms with Gasteiger partial charge in [-0.3, -0.25) is 0 Å². The van der Waals surface area contributed by atoms with E-state index in [-0.39, 0.29) is 5.92 Å². The summed E-state index contributed by atoms with van der Waals surface area (Å²) in [5, 5.41) is 18.0. The molecule has 0 rings (SSSR count). The lowest BCUT2D eigenvalue weighted by Gasteiger charge is -2.17. The van der Waals surface area contributed by atoms with E-state index in [0.29, 0.717) is 0 Å². The number of rotatable bonds is 7. The Morgan fingerprint density at radius 3 is 2.50 bits per heavy atom. The highest BCUT2D eigenvalue weighted by molar-refractivity contribution is 5.79. The fourth-order valence-electron chi connectivity index (χ4n) is 1.42. The Hall–Kier alpha value is -0.830. The van der Waals surface area contributed by atoms with Crippen LogP contribution in [0.15, 0.2) is 12.2 Å². The van der Waals surface area contributed by atoms with E-state index in [1.54, 1.807) is 0 Å². The first-order valence-corrected chi connectivity index (χ1v) is 5.21. The fraction of sp³-hybridized carbons (Fsp3) is 0.727. The Labute approximate surface area is 85.4 Å². The number of unbranched alkanes of at least 4 members (excludes halogenated alkanes) is 1. The van der Waals surface area contributed by atoms with Crippen LogP contribution >= 0.6 is 0 Å². The Kier molecular flexibility index (Phi) is 7.11. The van der Waals surface area contributed by atoms with Crippen LogP contribution in [-0.2, 0) is 4.79 Å². The summed E-state index contributed by atoms with van der Waals surface area (Å²) in [5.74, 6) is -0.819. The van der Waals surface area contributed by atoms with Crippen molar-refractivity contribution >= 4 is 5.97 Å². The van der Waals surface area contributed by atoms with Gasteiger partial charge in [-0.15, -0.1) is 0 Å². The minimum atomic E-state index is -1.01. The summed E-state index contributed by atoms with van der Waals surface area (Å²) in [4.78, 5) is 10.2. The Morgan fingerprint density at radius 2 is 2.07 bits per heavy atom. The van der Waals surface area contributed by atoms with Crippen LogP contribution in [-0.4, -0.2) is 22.3 Å². The minimum Gasteiger partial charge on any atom is -0.478 e. The first-order chi connectivity index (χ1) is 6.61. The molecule has 0 saturated carbocycles. The Bertz CT molecular complexity index is 187. The average Bonchev–Trinajstić information content (AvgIpc) is 2.16. The van der Waals surface area contributed by atoms with E-state index < -0.39 is 12.1 Å². The number of aliphatic carboxylic acids is 1. The monoisotopic (exact) mass is 200 g/mol. The summed E-state index contributed by atoms with van der Waals surface area (Å²) < 4.78 is 0. The zero-order valence-electron chi connectivity index (χ0n) is 8.94. The fourth-order valence-corrected chi connectivity index (χ4v) is 1.42. The van der Waals surface area contributed by atoms with Crippen LogP contribution in [0.1, 0.15) is 39.5 Å². The van der Waals surface area contributed by atoms with Crippen LogP contribution in [0.2, 0.25) is 0 Å². The van der Waals surface area contributed by atoms with Crippen LogP contribution in [0.5, 0.6) is 0 Å². The standard InChI is InChI=1S/C11H20O3/c1-3-5-6-9(4-2)10(12)7-8-11(13)14/h7-10,12H,3-6H2,1-2H3,(H,13,14). The number of carboxylic acid groups (broad SMARTS) is 1. The van der Waals surface area contributed by atoms with Gasteiger partial charge >= 0.3 is 5.97 Å². The molecule has 0 amide bonds. The molecule has 2 N–H and O–H groups in total. The van der Waals surface area contributed by atoms with Crippen LogP contribution in [0.4, 0.5) is 0 Å². The van der Waals surface area contributed by atoms with Crippen molar-refractivity contribution in [1.29, 1.82) is 0 Å². The molecule has 0 aromatic carbocycles. The number of carboxylic acids is 1. The zero-order chi connectivity index (χ0) is 11.0. The number of carbonyl (C=O) groups is 1. The van der Waals surface area contributed by atoms with E-state index in [1.807, 2.05) is 6.92 Å². The minimum absolute atomic E-state index is 0.186. The molecule has 0 bridgehead atoms. The maximum atomic E-state index is 10.2. The predicted molar refractivity (Wildman–Crippen MR) is 56.1 cm³/mol. The van der Waals surface area contributed by atoms with Crippen molar-refractivity contribution in [2.24, 2.45) is 5.92 Å². The van der Waals surface area contributed by atoms with Gasteiger partial charge in [-0.05, 0) is 18.4 Å². The van der Waals surface area contributed by atoms with E-state index in [2.05, 4.69) is 6.92 Å². The normalized spacial score (nSPS) is 15.6. The largest absolute Gasteiger partial charge is 0.478 e. The van der Waals surface area contributed by atoms with Gasteiger partial charge < -0.3 is 10.2 Å². The lowest BCUT2D eigenvalue weighted by atomic mass is 9.93. The maximum Gasteiger partial charge on any atom is 0.328 e. The molecule has 3 heteroatoms. The van der Waals surface area contributed by atoms with E-state index >= 15 is 0 Å². The predicted octanol–water partition coefficient (Wildman–Crippen LogP) is 2.20. The quantitative estimate of drug-likeness (QED) is 0.619. The molecule has 2 unspecified atom stereocenters. The van der Waals surface area contributed by atoms with Crippen LogP contribution in [0.25, 0.3) is 0 Å². The number of hydrogen-bond acceptors (Lipinski definition) is 2. The Morgan fingerprint density at radius 1 is 1.43 bits per heavy atom. The molecule has 0 radical (unpaired) electrons. The van der Waals surface area contributed by atoms with E-state index in [1.165, 1.54) is 6.08 Å². The van der Waals surface area contributed by atoms with Gasteiger partial charge in [0, 0.05) is 6.08 Å². The van der Waals surface area contributed by atoms with Gasteiger partial charge in [0.05, 0.1) is 6.10 Å². The van der Waals surface area contributed by atoms with Crippen LogP contribution < -0.4 is 0 Å². The third-order valence-electron chi connectivity index (χ3n) is 2.37. The van der Waals surface area contributed by atoms with E-state index in [4.69, 9.17) is 5.11 Å². The van der Waals surface area contributed by atoms with Gasteiger partial charge in [-0.1, -0.05) is 33.1 Å². The van der Waals surface area contributed by atoms with Gasteiger partial charge in [0.1, 0.15) is 0 Å². The van der Waals surface area contributed by atoms with Crippen molar-refractivity contribution < 1.29 is 15.0 Å². The molecule has 0 saturated heterocycles. The highest BCUT2D eigenvalue weighted by Crippen LogP contribution is 2.17. The SMILES string of the molecule is CCCCC(CC)C(O)C=CC(=O)O. The third kappa shape index (κ3) is 5.75. The molecule has 0 aliphatic carbocycles. The molecule has 0 spiro atoms. The number of aliphatic hydroxyl groups excluding tert-OH is 1. The van der Waals surface area contributed by atoms with Crippen molar-refractivity contribution in [3.63, 3.8) is 0 Å². The summed E-state index contributed by atoms with van der Waals surface area (Å²) in [6.45, 7) is 4.12. The topological polar surface area (TPSA) is 57.5 Å². The molecule has 14 heavy (non-hydrogen) atoms. The van der Waals surface area contributed by atoms with Gasteiger partial charge in [0.15, 0.2) is 0 Å². The van der Waals surface area contributed by atoms with Gasteiger partial charge in [-0.25, -0.2) is 4.79 Å². The van der Waals surface area contributed by atoms with Gasteiger partial charge in [0.25, 0.3) is 0 Å². The summed E-state index contributed by atoms with van der Waals surface area (Å²) in [5.41, 5.74) is 0. The summed E-state index contributed by atoms with van der Waals surface area (Å²) >= 11 is 0. The van der Waals surface area contributed by atoms with E-state index in [0.717, 1.165) is 31.8 Å². The summed E-state index contributed by atoms with van der Waals surface area (Å²) in [7, 11) is 0. The second kappa shape index (κ2) is 7.56. The second-order valence-corrected chi connectivity index (χ2v) is 3.50. The molecule has 0 heterocycles. The zero-order valence-corrected chi connectivity index (χ0v) is 8.94. The van der Waals surface area contributed by atoms with Gasteiger partial charge in [-0.2, -0.15) is 0 Å². The molecular weight excluding hydrogens is 180 g/mol. The number of aliphatic hydroxyl groups is 1. The van der Waals surface area contributed by atoms with Gasteiger partial charge in [0.2, 0.25) is 0 Å². The highest BCUT2D eigenvalue weighted by Gasteiger charge is 2.13. The van der Waals surface area contributed by atoms with Crippen molar-refractivity contribution in [2.75, 3.05) is 0 Å². The van der Waals surface area contributed by atoms with E-state index in [9.17, 15) is 9.90 Å². The van der Waals surface area contributed by atoms with Crippen molar-refractivity contribution in [1.82, 2.24) is 0 Å². The first kappa shape index (κ1) is 13.2. The molecule has 3 nitrogen and oxygen atoms in total. The lowest BCUT2D eigenvalue weighted by Crippen LogP contribution is -2.17. The highest BCUT2D eigenvalue weighted by atomic mass is 16.4. The summed E-state index contributed by atoms with van der Waals surface area (Å²) in [6, 6.07) is 0. The molecule has 2 atom stereocenters. The van der Waals surface area contributed by atoms with Crippen molar-refractivity contribution in [3.8, 4) is 0 Å². The molecule has 0 aliphatic heterocycles. The average molecular weight is 200 g/mol. The van der Waals surface area contributed by atoms with Crippen LogP contribution in [0, 0.1) is 5.92 Å². The second-order valence-electron chi connectivity index (χ2n) is 3.50. The first-order valence-electron chi connectivity index (χ1n) is 5.21. The van der Waals surface area contributed by atoms with Crippen molar-refractivity contribution in [3.05, 3.63) is 12.2 Å². The smallest absolute Gasteiger partial charge is 0.328 e. The molecular formula is C11H20O3. The van der Waals surface area contributed by atoms with Crippen LogP contribution in [0.3, 0.4) is 0 Å². The molecule has 82 valence electrons. The Balaban J connectivity index is 4.02. The molecule has 0 fully saturated rings. The number of hydrogen-bond donors (Lipinski definition) is 2. The molecule has 0 aromatic heterocycles. The summed E-state index contributed by atoms with van der Waals surface area (Å²) in [6.07, 6.45) is 5.78. The third-order valence-corrected chi connectivity index (χ3v) is 2.37. The lowest BCUT2D eigenvalue weighted by molar-refractivity contribution is -0.131. The molecule has 0 aliphatic rings. The maximum absolute atomic E-state index is 10.2.